The summed E-state index contributed by atoms with van der Waals surface area (Å²) in [6.45, 7) is -0.293. The molecule has 1 rings (SSSR count). The molecule has 1 aromatic rings. The third kappa shape index (κ3) is 9.04. The van der Waals surface area contributed by atoms with Crippen molar-refractivity contribution in [1.29, 1.82) is 0 Å². The van der Waals surface area contributed by atoms with Gasteiger partial charge < -0.3 is 20.1 Å². The van der Waals surface area contributed by atoms with Crippen molar-refractivity contribution in [3.8, 4) is 5.75 Å². The van der Waals surface area contributed by atoms with Crippen molar-refractivity contribution < 1.29 is 23.0 Å². The number of ether oxygens (including phenoxy) is 2. The first-order valence-corrected chi connectivity index (χ1v) is 8.14. The van der Waals surface area contributed by atoms with Crippen molar-refractivity contribution in [3.63, 3.8) is 0 Å². The largest absolute Gasteiger partial charge is 0.469 e. The molecule has 0 radical (unpaired) electrons. The molecule has 11 heteroatoms. The van der Waals surface area contributed by atoms with E-state index in [-0.39, 0.29) is 58.7 Å². The SMILES string of the molecule is CCNC(=NCc1cc(Cl)cc(Cl)c1OC(F)F)NCCC(=O)OC.I. The van der Waals surface area contributed by atoms with Gasteiger partial charge in [-0.15, -0.1) is 24.0 Å². The number of halogens is 5. The molecule has 148 valence electrons. The fraction of sp³-hybridized carbons (Fsp3) is 0.467. The van der Waals surface area contributed by atoms with E-state index in [2.05, 4.69) is 25.1 Å². The fourth-order valence-electron chi connectivity index (χ4n) is 1.84. The Balaban J connectivity index is 0.00000625. The van der Waals surface area contributed by atoms with Gasteiger partial charge in [0.05, 0.1) is 25.1 Å². The predicted molar refractivity (Wildman–Crippen MR) is 108 cm³/mol. The highest BCUT2D eigenvalue weighted by Crippen LogP contribution is 2.34. The number of carbonyl (C=O) groups is 1. The lowest BCUT2D eigenvalue weighted by molar-refractivity contribution is -0.140. The van der Waals surface area contributed by atoms with Crippen LogP contribution in [0.15, 0.2) is 17.1 Å². The summed E-state index contributed by atoms with van der Waals surface area (Å²) in [6.07, 6.45) is 0.156. The molecule has 6 nitrogen and oxygen atoms in total. The number of guanidine groups is 1. The molecule has 26 heavy (non-hydrogen) atoms. The average Bonchev–Trinajstić information content (AvgIpc) is 2.54. The van der Waals surface area contributed by atoms with Gasteiger partial charge in [0.25, 0.3) is 0 Å². The smallest absolute Gasteiger partial charge is 0.387 e. The van der Waals surface area contributed by atoms with Gasteiger partial charge in [-0.3, -0.25) is 4.79 Å². The lowest BCUT2D eigenvalue weighted by atomic mass is 10.2. The third-order valence-corrected chi connectivity index (χ3v) is 3.39. The molecule has 2 N–H and O–H groups in total. The van der Waals surface area contributed by atoms with E-state index in [9.17, 15) is 13.6 Å². The zero-order valence-corrected chi connectivity index (χ0v) is 18.0. The number of carbonyl (C=O) groups excluding carboxylic acids is 1. The van der Waals surface area contributed by atoms with Gasteiger partial charge in [0.15, 0.2) is 5.96 Å². The van der Waals surface area contributed by atoms with Gasteiger partial charge in [0, 0.05) is 23.7 Å². The predicted octanol–water partition coefficient (Wildman–Crippen LogP) is 3.83. The van der Waals surface area contributed by atoms with Crippen molar-refractivity contribution in [2.45, 2.75) is 26.5 Å². The first kappa shape index (κ1) is 24.9. The molecule has 0 spiro atoms. The van der Waals surface area contributed by atoms with Gasteiger partial charge in [-0.1, -0.05) is 23.2 Å². The lowest BCUT2D eigenvalue weighted by Crippen LogP contribution is -2.38. The topological polar surface area (TPSA) is 72.0 Å². The van der Waals surface area contributed by atoms with Gasteiger partial charge in [0.1, 0.15) is 5.75 Å². The number of rotatable bonds is 8. The summed E-state index contributed by atoms with van der Waals surface area (Å²) in [5.74, 6) is -0.140. The van der Waals surface area contributed by atoms with Gasteiger partial charge in [-0.05, 0) is 19.1 Å². The minimum Gasteiger partial charge on any atom is -0.469 e. The molecule has 0 saturated carbocycles. The van der Waals surface area contributed by atoms with Gasteiger partial charge in [-0.25, -0.2) is 4.99 Å². The van der Waals surface area contributed by atoms with Gasteiger partial charge >= 0.3 is 12.6 Å². The minimum atomic E-state index is -3.02. The van der Waals surface area contributed by atoms with Crippen molar-refractivity contribution in [2.24, 2.45) is 4.99 Å². The second-order valence-corrected chi connectivity index (χ2v) is 5.55. The number of benzene rings is 1. The normalized spacial score (nSPS) is 11.0. The number of nitrogens with zero attached hydrogens (tertiary/aromatic N) is 1. The zero-order valence-electron chi connectivity index (χ0n) is 14.2. The Bertz CT molecular complexity index is 622. The molecule has 0 aromatic heterocycles. The van der Waals surface area contributed by atoms with Gasteiger partial charge in [0.2, 0.25) is 0 Å². The van der Waals surface area contributed by atoms with Crippen molar-refractivity contribution >= 4 is 59.1 Å². The van der Waals surface area contributed by atoms with E-state index < -0.39 is 6.61 Å². The second kappa shape index (κ2) is 13.2. The van der Waals surface area contributed by atoms with Crippen LogP contribution < -0.4 is 15.4 Å². The summed E-state index contributed by atoms with van der Waals surface area (Å²) >= 11 is 11.8. The summed E-state index contributed by atoms with van der Waals surface area (Å²) in [6, 6.07) is 2.76. The van der Waals surface area contributed by atoms with Crippen molar-refractivity contribution in [2.75, 3.05) is 20.2 Å². The molecular formula is C15H20Cl2F2IN3O3. The maximum atomic E-state index is 12.6. The van der Waals surface area contributed by atoms with Crippen LogP contribution in [0.3, 0.4) is 0 Å². The van der Waals surface area contributed by atoms with Crippen LogP contribution in [0, 0.1) is 0 Å². The Hall–Kier alpha value is -1.07. The van der Waals surface area contributed by atoms with Gasteiger partial charge in [-0.2, -0.15) is 8.78 Å². The highest BCUT2D eigenvalue weighted by molar-refractivity contribution is 14.0. The highest BCUT2D eigenvalue weighted by Gasteiger charge is 2.15. The maximum absolute atomic E-state index is 12.6. The van der Waals surface area contributed by atoms with E-state index in [1.165, 1.54) is 19.2 Å². The Morgan fingerprint density at radius 3 is 2.58 bits per heavy atom. The van der Waals surface area contributed by atoms with Crippen LogP contribution in [0.1, 0.15) is 18.9 Å². The van der Waals surface area contributed by atoms with Crippen LogP contribution in [-0.4, -0.2) is 38.7 Å². The molecule has 0 aliphatic carbocycles. The molecule has 0 amide bonds. The molecule has 0 bridgehead atoms. The number of esters is 1. The number of aliphatic imine (C=N–C) groups is 1. The summed E-state index contributed by atoms with van der Waals surface area (Å²) in [4.78, 5) is 15.4. The average molecular weight is 526 g/mol. The molecule has 0 heterocycles. The number of hydrogen-bond acceptors (Lipinski definition) is 4. The number of nitrogens with one attached hydrogen (secondary N) is 2. The van der Waals surface area contributed by atoms with E-state index in [1.54, 1.807) is 0 Å². The summed E-state index contributed by atoms with van der Waals surface area (Å²) in [5.41, 5.74) is 0.308. The summed E-state index contributed by atoms with van der Waals surface area (Å²) < 4.78 is 34.1. The molecule has 0 aliphatic rings. The Kier molecular flexibility index (Phi) is 12.6. The third-order valence-electron chi connectivity index (χ3n) is 2.89. The number of methoxy groups -OCH3 is 1. The van der Waals surface area contributed by atoms with E-state index in [1.807, 2.05) is 6.92 Å². The van der Waals surface area contributed by atoms with E-state index >= 15 is 0 Å². The number of alkyl halides is 2. The lowest BCUT2D eigenvalue weighted by Gasteiger charge is -2.14. The van der Waals surface area contributed by atoms with Crippen molar-refractivity contribution in [3.05, 3.63) is 27.7 Å². The standard InChI is InChI=1S/C15H19Cl2F2N3O3.HI/c1-3-20-15(21-5-4-12(23)24-2)22-8-9-6-10(16)7-11(17)13(9)25-14(18)19;/h6-7,14H,3-5,8H2,1-2H3,(H2,20,21,22);1H. The summed E-state index contributed by atoms with van der Waals surface area (Å²) in [7, 11) is 1.30. The van der Waals surface area contributed by atoms with Crippen LogP contribution in [-0.2, 0) is 16.1 Å². The molecule has 1 aromatic carbocycles. The van der Waals surface area contributed by atoms with Crippen LogP contribution in [0.5, 0.6) is 5.75 Å². The van der Waals surface area contributed by atoms with E-state index in [0.717, 1.165) is 0 Å². The second-order valence-electron chi connectivity index (χ2n) is 4.70. The quantitative estimate of drug-likeness (QED) is 0.233. The van der Waals surface area contributed by atoms with E-state index in [0.29, 0.717) is 24.6 Å². The van der Waals surface area contributed by atoms with Crippen LogP contribution in [0.4, 0.5) is 8.78 Å². The van der Waals surface area contributed by atoms with Crippen molar-refractivity contribution in [1.82, 2.24) is 10.6 Å². The highest BCUT2D eigenvalue weighted by atomic mass is 127. The minimum absolute atomic E-state index is 0. The molecular weight excluding hydrogens is 506 g/mol. The Morgan fingerprint density at radius 2 is 2.00 bits per heavy atom. The molecule has 0 unspecified atom stereocenters. The fourth-order valence-corrected chi connectivity index (χ4v) is 2.42. The van der Waals surface area contributed by atoms with Crippen LogP contribution >= 0.6 is 47.2 Å². The van der Waals surface area contributed by atoms with Crippen LogP contribution in [0.2, 0.25) is 10.0 Å². The van der Waals surface area contributed by atoms with Crippen LogP contribution in [0.25, 0.3) is 0 Å². The summed E-state index contributed by atoms with van der Waals surface area (Å²) in [5, 5.41) is 6.15. The molecule has 0 fully saturated rings. The molecule has 0 atom stereocenters. The zero-order chi connectivity index (χ0) is 18.8. The number of hydrogen-bond donors (Lipinski definition) is 2. The first-order chi connectivity index (χ1) is 11.9. The Morgan fingerprint density at radius 1 is 1.31 bits per heavy atom. The Labute approximate surface area is 177 Å². The van der Waals surface area contributed by atoms with E-state index in [4.69, 9.17) is 23.2 Å². The first-order valence-electron chi connectivity index (χ1n) is 7.39. The monoisotopic (exact) mass is 525 g/mol. The molecule has 0 saturated heterocycles. The molecule has 0 aliphatic heterocycles. The maximum Gasteiger partial charge on any atom is 0.387 e.